The van der Waals surface area contributed by atoms with Gasteiger partial charge in [-0.05, 0) is 31.3 Å². The average molecular weight is 145 g/mol. The van der Waals surface area contributed by atoms with Gasteiger partial charge >= 0.3 is 0 Å². The Balaban J connectivity index is 2.22. The minimum atomic E-state index is 0.912. The quantitative estimate of drug-likeness (QED) is 0.366. The molecule has 0 aromatic rings. The molecule has 1 fully saturated rings. The van der Waals surface area contributed by atoms with E-state index in [1.165, 1.54) is 31.3 Å². The van der Waals surface area contributed by atoms with E-state index in [9.17, 15) is 0 Å². The van der Waals surface area contributed by atoms with Crippen molar-refractivity contribution in [2.24, 2.45) is 5.14 Å². The molecule has 1 aliphatic carbocycles. The summed E-state index contributed by atoms with van der Waals surface area (Å²) in [6, 6.07) is 0. The van der Waals surface area contributed by atoms with E-state index in [2.05, 4.69) is 0 Å². The van der Waals surface area contributed by atoms with Gasteiger partial charge in [0, 0.05) is 0 Å². The molecule has 0 saturated heterocycles. The predicted octanol–water partition coefficient (Wildman–Crippen LogP) is 1.98. The van der Waals surface area contributed by atoms with Crippen LogP contribution in [0.1, 0.15) is 25.7 Å². The van der Waals surface area contributed by atoms with Gasteiger partial charge in [0.1, 0.15) is 18.5 Å². The number of allylic oxidation sites excluding steroid dienone is 1. The van der Waals surface area contributed by atoms with Crippen molar-refractivity contribution < 1.29 is 4.18 Å². The standard InChI is InChI=1S/C6H11NOS/c7-9-8-5-6-3-1-2-4-6/h5H,1-4,7H2. The van der Waals surface area contributed by atoms with Gasteiger partial charge in [-0.3, -0.25) is 0 Å². The zero-order valence-corrected chi connectivity index (χ0v) is 6.12. The lowest BCUT2D eigenvalue weighted by Gasteiger charge is -1.93. The molecule has 2 nitrogen and oxygen atoms in total. The van der Waals surface area contributed by atoms with Gasteiger partial charge in [-0.2, -0.15) is 0 Å². The molecule has 2 N–H and O–H groups in total. The molecule has 0 aromatic heterocycles. The van der Waals surface area contributed by atoms with Crippen molar-refractivity contribution in [3.05, 3.63) is 11.8 Å². The van der Waals surface area contributed by atoms with Gasteiger partial charge in [0.25, 0.3) is 0 Å². The van der Waals surface area contributed by atoms with Crippen molar-refractivity contribution in [1.29, 1.82) is 0 Å². The topological polar surface area (TPSA) is 35.2 Å². The Morgan fingerprint density at radius 3 is 2.67 bits per heavy atom. The molecule has 0 aromatic carbocycles. The first-order valence-electron chi connectivity index (χ1n) is 3.13. The fraction of sp³-hybridized carbons (Fsp3) is 0.667. The normalized spacial score (nSPS) is 18.1. The summed E-state index contributed by atoms with van der Waals surface area (Å²) < 4.78 is 4.85. The maximum absolute atomic E-state index is 5.06. The van der Waals surface area contributed by atoms with Crippen LogP contribution in [0, 0.1) is 0 Å². The van der Waals surface area contributed by atoms with Crippen molar-refractivity contribution in [1.82, 2.24) is 0 Å². The summed E-state index contributed by atoms with van der Waals surface area (Å²) in [5.74, 6) is 0. The van der Waals surface area contributed by atoms with Crippen molar-refractivity contribution in [2.75, 3.05) is 0 Å². The zero-order chi connectivity index (χ0) is 6.53. The Bertz CT molecular complexity index is 106. The summed E-state index contributed by atoms with van der Waals surface area (Å²) in [7, 11) is 0. The van der Waals surface area contributed by atoms with E-state index in [0.29, 0.717) is 0 Å². The highest BCUT2D eigenvalue weighted by molar-refractivity contribution is 7.92. The summed E-state index contributed by atoms with van der Waals surface area (Å²) in [5, 5.41) is 5.06. The van der Waals surface area contributed by atoms with Crippen LogP contribution < -0.4 is 5.14 Å². The molecule has 1 aliphatic rings. The molecular weight excluding hydrogens is 134 g/mol. The van der Waals surface area contributed by atoms with Crippen molar-refractivity contribution >= 4 is 12.2 Å². The van der Waals surface area contributed by atoms with Crippen LogP contribution in [0.3, 0.4) is 0 Å². The molecule has 0 radical (unpaired) electrons. The molecule has 1 rings (SSSR count). The van der Waals surface area contributed by atoms with Crippen LogP contribution in [0.15, 0.2) is 11.8 Å². The molecule has 0 heterocycles. The van der Waals surface area contributed by atoms with E-state index >= 15 is 0 Å². The van der Waals surface area contributed by atoms with Gasteiger partial charge in [-0.25, -0.2) is 5.14 Å². The lowest BCUT2D eigenvalue weighted by Crippen LogP contribution is -1.78. The number of rotatable bonds is 2. The second-order valence-electron chi connectivity index (χ2n) is 2.18. The smallest absolute Gasteiger partial charge is 0.139 e. The maximum atomic E-state index is 5.06. The van der Waals surface area contributed by atoms with Gasteiger partial charge in [0.05, 0.1) is 0 Å². The molecule has 52 valence electrons. The first-order chi connectivity index (χ1) is 4.43. The zero-order valence-electron chi connectivity index (χ0n) is 5.30. The molecular formula is C6H11NOS. The van der Waals surface area contributed by atoms with Crippen LogP contribution in [-0.2, 0) is 4.18 Å². The summed E-state index contributed by atoms with van der Waals surface area (Å²) in [6.45, 7) is 0. The Morgan fingerprint density at radius 2 is 2.11 bits per heavy atom. The maximum Gasteiger partial charge on any atom is 0.139 e. The van der Waals surface area contributed by atoms with Crippen molar-refractivity contribution in [2.45, 2.75) is 25.7 Å². The second kappa shape index (κ2) is 3.80. The first-order valence-corrected chi connectivity index (χ1v) is 3.94. The van der Waals surface area contributed by atoms with E-state index in [1.54, 1.807) is 6.26 Å². The van der Waals surface area contributed by atoms with Gasteiger partial charge in [-0.15, -0.1) is 0 Å². The first kappa shape index (κ1) is 6.96. The van der Waals surface area contributed by atoms with Gasteiger partial charge in [-0.1, -0.05) is 0 Å². The van der Waals surface area contributed by atoms with Crippen LogP contribution in [0.25, 0.3) is 0 Å². The Kier molecular flexibility index (Phi) is 2.94. The fourth-order valence-corrected chi connectivity index (χ4v) is 1.23. The molecule has 9 heavy (non-hydrogen) atoms. The number of hydrogen-bond acceptors (Lipinski definition) is 3. The second-order valence-corrected chi connectivity index (χ2v) is 2.56. The van der Waals surface area contributed by atoms with E-state index < -0.39 is 0 Å². The van der Waals surface area contributed by atoms with Gasteiger partial charge in [0.15, 0.2) is 0 Å². The van der Waals surface area contributed by atoms with Crippen LogP contribution >= 0.6 is 12.2 Å². The Hall–Kier alpha value is -0.150. The highest BCUT2D eigenvalue weighted by Gasteiger charge is 2.05. The molecule has 0 spiro atoms. The van der Waals surface area contributed by atoms with Crippen molar-refractivity contribution in [3.63, 3.8) is 0 Å². The summed E-state index contributed by atoms with van der Waals surface area (Å²) in [6.07, 6.45) is 6.79. The molecule has 3 heteroatoms. The fourth-order valence-electron chi connectivity index (χ4n) is 1.04. The third kappa shape index (κ3) is 2.28. The Labute approximate surface area is 59.8 Å². The Morgan fingerprint density at radius 1 is 1.44 bits per heavy atom. The van der Waals surface area contributed by atoms with E-state index in [0.717, 1.165) is 12.2 Å². The summed E-state index contributed by atoms with van der Waals surface area (Å²) >= 11 is 0.912. The monoisotopic (exact) mass is 145 g/mol. The number of hydrogen-bond donors (Lipinski definition) is 1. The predicted molar refractivity (Wildman–Crippen MR) is 39.4 cm³/mol. The van der Waals surface area contributed by atoms with Gasteiger partial charge in [0.2, 0.25) is 0 Å². The number of nitrogens with two attached hydrogens (primary N) is 1. The summed E-state index contributed by atoms with van der Waals surface area (Å²) in [5.41, 5.74) is 1.40. The molecule has 0 amide bonds. The lowest BCUT2D eigenvalue weighted by molar-refractivity contribution is 0.555. The highest BCUT2D eigenvalue weighted by atomic mass is 32.2. The minimum Gasteiger partial charge on any atom is -0.418 e. The largest absolute Gasteiger partial charge is 0.418 e. The third-order valence-electron chi connectivity index (χ3n) is 1.52. The van der Waals surface area contributed by atoms with Crippen molar-refractivity contribution in [3.8, 4) is 0 Å². The molecule has 0 aliphatic heterocycles. The van der Waals surface area contributed by atoms with Crippen LogP contribution in [-0.4, -0.2) is 0 Å². The van der Waals surface area contributed by atoms with E-state index in [4.69, 9.17) is 9.32 Å². The minimum absolute atomic E-state index is 0.912. The van der Waals surface area contributed by atoms with Crippen LogP contribution in [0.5, 0.6) is 0 Å². The van der Waals surface area contributed by atoms with Gasteiger partial charge < -0.3 is 4.18 Å². The van der Waals surface area contributed by atoms with E-state index in [1.807, 2.05) is 0 Å². The van der Waals surface area contributed by atoms with Crippen LogP contribution in [0.4, 0.5) is 0 Å². The molecule has 0 unspecified atom stereocenters. The average Bonchev–Trinajstić information content (AvgIpc) is 2.34. The van der Waals surface area contributed by atoms with Crippen LogP contribution in [0.2, 0.25) is 0 Å². The lowest BCUT2D eigenvalue weighted by atomic mass is 10.3. The molecule has 0 atom stereocenters. The molecule has 1 saturated carbocycles. The molecule has 0 bridgehead atoms. The SMILES string of the molecule is NSOC=C1CCCC1. The highest BCUT2D eigenvalue weighted by Crippen LogP contribution is 2.23. The van der Waals surface area contributed by atoms with E-state index in [-0.39, 0.29) is 0 Å². The summed E-state index contributed by atoms with van der Waals surface area (Å²) in [4.78, 5) is 0. The third-order valence-corrected chi connectivity index (χ3v) is 1.72.